The van der Waals surface area contributed by atoms with Gasteiger partial charge in [0.15, 0.2) is 0 Å². The number of pyridine rings is 1. The fraction of sp³-hybridized carbons (Fsp3) is 0.667. The van der Waals surface area contributed by atoms with Gasteiger partial charge in [-0.1, -0.05) is 13.8 Å². The lowest BCUT2D eigenvalue weighted by Crippen LogP contribution is -2.26. The molecule has 0 aliphatic rings. The Balaban J connectivity index is 2.74. The third-order valence-electron chi connectivity index (χ3n) is 3.36. The van der Waals surface area contributed by atoms with E-state index in [-0.39, 0.29) is 0 Å². The maximum Gasteiger partial charge on any atom is 0.0574 e. The van der Waals surface area contributed by atoms with Gasteiger partial charge < -0.3 is 10.2 Å². The average Bonchev–Trinajstić information content (AvgIpc) is 2.39. The Morgan fingerprint density at radius 2 is 2.00 bits per heavy atom. The third kappa shape index (κ3) is 3.98. The zero-order chi connectivity index (χ0) is 13.5. The Kier molecular flexibility index (Phi) is 6.13. The molecule has 0 spiro atoms. The summed E-state index contributed by atoms with van der Waals surface area (Å²) in [6.45, 7) is 9.81. The summed E-state index contributed by atoms with van der Waals surface area (Å²) in [7, 11) is 2.11. The highest BCUT2D eigenvalue weighted by molar-refractivity contribution is 5.44. The molecule has 1 unspecified atom stereocenters. The van der Waals surface area contributed by atoms with Crippen molar-refractivity contribution in [3.8, 4) is 0 Å². The van der Waals surface area contributed by atoms with Crippen LogP contribution in [0, 0.1) is 0 Å². The van der Waals surface area contributed by atoms with Crippen LogP contribution >= 0.6 is 0 Å². The summed E-state index contributed by atoms with van der Waals surface area (Å²) < 4.78 is 0. The fourth-order valence-corrected chi connectivity index (χ4v) is 1.89. The molecule has 1 atom stereocenters. The topological polar surface area (TPSA) is 28.2 Å². The molecular formula is C15H27N3. The second kappa shape index (κ2) is 7.37. The van der Waals surface area contributed by atoms with Gasteiger partial charge in [-0.3, -0.25) is 4.98 Å². The first kappa shape index (κ1) is 15.0. The predicted octanol–water partition coefficient (Wildman–Crippen LogP) is 3.38. The Labute approximate surface area is 112 Å². The molecule has 1 rings (SSSR count). The van der Waals surface area contributed by atoms with Crippen molar-refractivity contribution in [2.75, 3.05) is 18.5 Å². The van der Waals surface area contributed by atoms with Crippen molar-refractivity contribution in [1.29, 1.82) is 0 Å². The molecule has 3 nitrogen and oxygen atoms in total. The number of rotatable bonds is 7. The molecule has 0 aromatic carbocycles. The lowest BCUT2D eigenvalue weighted by atomic mass is 10.1. The second-order valence-electron chi connectivity index (χ2n) is 5.06. The molecule has 102 valence electrons. The predicted molar refractivity (Wildman–Crippen MR) is 79.1 cm³/mol. The Bertz CT molecular complexity index is 332. The van der Waals surface area contributed by atoms with Crippen LogP contribution in [0.1, 0.15) is 52.3 Å². The lowest BCUT2D eigenvalue weighted by molar-refractivity contribution is 0.507. The van der Waals surface area contributed by atoms with E-state index in [2.05, 4.69) is 62.1 Å². The minimum atomic E-state index is 0.378. The minimum absolute atomic E-state index is 0.378. The molecule has 1 aromatic rings. The van der Waals surface area contributed by atoms with Crippen molar-refractivity contribution in [1.82, 2.24) is 10.3 Å². The second-order valence-corrected chi connectivity index (χ2v) is 5.06. The molecule has 1 N–H and O–H groups in total. The van der Waals surface area contributed by atoms with Crippen molar-refractivity contribution >= 4 is 5.69 Å². The summed E-state index contributed by atoms with van der Waals surface area (Å²) in [6, 6.07) is 5.19. The van der Waals surface area contributed by atoms with E-state index in [1.807, 2.05) is 6.20 Å². The Morgan fingerprint density at radius 3 is 2.44 bits per heavy atom. The van der Waals surface area contributed by atoms with Gasteiger partial charge in [0, 0.05) is 19.1 Å². The fourth-order valence-electron chi connectivity index (χ4n) is 1.89. The van der Waals surface area contributed by atoms with Gasteiger partial charge in [-0.15, -0.1) is 0 Å². The van der Waals surface area contributed by atoms with Crippen LogP contribution in [-0.4, -0.2) is 24.6 Å². The monoisotopic (exact) mass is 249 g/mol. The first-order valence-electron chi connectivity index (χ1n) is 7.02. The Morgan fingerprint density at radius 1 is 1.28 bits per heavy atom. The number of nitrogens with zero attached hydrogens (tertiary/aromatic N) is 2. The first-order valence-corrected chi connectivity index (χ1v) is 7.02. The van der Waals surface area contributed by atoms with Gasteiger partial charge in [0.1, 0.15) is 0 Å². The number of nitrogens with one attached hydrogen (secondary N) is 1. The van der Waals surface area contributed by atoms with Crippen LogP contribution in [0.15, 0.2) is 18.3 Å². The van der Waals surface area contributed by atoms with Crippen molar-refractivity contribution in [3.05, 3.63) is 24.0 Å². The normalized spacial score (nSPS) is 12.8. The molecule has 3 heteroatoms. The lowest BCUT2D eigenvalue weighted by Gasteiger charge is -2.24. The summed E-state index contributed by atoms with van der Waals surface area (Å²) in [5, 5.41) is 3.53. The molecule has 1 aromatic heterocycles. The van der Waals surface area contributed by atoms with Gasteiger partial charge in [-0.05, 0) is 45.4 Å². The molecule has 0 saturated heterocycles. The third-order valence-corrected chi connectivity index (χ3v) is 3.36. The van der Waals surface area contributed by atoms with Crippen molar-refractivity contribution in [2.24, 2.45) is 0 Å². The maximum absolute atomic E-state index is 4.60. The number of anilines is 1. The SMILES string of the molecule is CCCNC(CC)c1ccc(N(C)C(C)C)cn1. The quantitative estimate of drug-likeness (QED) is 0.803. The average molecular weight is 249 g/mol. The van der Waals surface area contributed by atoms with E-state index < -0.39 is 0 Å². The van der Waals surface area contributed by atoms with Gasteiger partial charge in [0.2, 0.25) is 0 Å². The van der Waals surface area contributed by atoms with Crippen LogP contribution in [0.5, 0.6) is 0 Å². The van der Waals surface area contributed by atoms with E-state index in [1.165, 1.54) is 5.69 Å². The molecule has 0 bridgehead atoms. The van der Waals surface area contributed by atoms with Crippen LogP contribution in [0.25, 0.3) is 0 Å². The van der Waals surface area contributed by atoms with E-state index in [4.69, 9.17) is 0 Å². The molecular weight excluding hydrogens is 222 g/mol. The summed E-state index contributed by atoms with van der Waals surface area (Å²) in [4.78, 5) is 6.84. The summed E-state index contributed by atoms with van der Waals surface area (Å²) >= 11 is 0. The molecule has 0 amide bonds. The van der Waals surface area contributed by atoms with Gasteiger partial charge in [0.25, 0.3) is 0 Å². The zero-order valence-corrected chi connectivity index (χ0v) is 12.4. The van der Waals surface area contributed by atoms with Crippen LogP contribution in [0.3, 0.4) is 0 Å². The zero-order valence-electron chi connectivity index (χ0n) is 12.4. The van der Waals surface area contributed by atoms with E-state index in [0.29, 0.717) is 12.1 Å². The standard InChI is InChI=1S/C15H27N3/c1-6-10-16-14(7-2)15-9-8-13(11-17-15)18(5)12(3)4/h8-9,11-12,14,16H,6-7,10H2,1-5H3. The molecule has 0 aliphatic carbocycles. The minimum Gasteiger partial charge on any atom is -0.371 e. The van der Waals surface area contributed by atoms with Crippen molar-refractivity contribution in [3.63, 3.8) is 0 Å². The van der Waals surface area contributed by atoms with Crippen molar-refractivity contribution < 1.29 is 0 Å². The number of hydrogen-bond donors (Lipinski definition) is 1. The Hall–Kier alpha value is -1.09. The van der Waals surface area contributed by atoms with E-state index in [0.717, 1.165) is 25.1 Å². The molecule has 1 heterocycles. The highest BCUT2D eigenvalue weighted by Gasteiger charge is 2.11. The molecule has 0 saturated carbocycles. The van der Waals surface area contributed by atoms with Gasteiger partial charge in [-0.25, -0.2) is 0 Å². The van der Waals surface area contributed by atoms with Crippen molar-refractivity contribution in [2.45, 2.75) is 52.6 Å². The molecule has 0 fully saturated rings. The van der Waals surface area contributed by atoms with Crippen LogP contribution < -0.4 is 10.2 Å². The molecule has 0 aliphatic heterocycles. The van der Waals surface area contributed by atoms with Crippen LogP contribution in [0.4, 0.5) is 5.69 Å². The van der Waals surface area contributed by atoms with Crippen LogP contribution in [-0.2, 0) is 0 Å². The highest BCUT2D eigenvalue weighted by atomic mass is 15.1. The number of aromatic nitrogens is 1. The highest BCUT2D eigenvalue weighted by Crippen LogP contribution is 2.19. The smallest absolute Gasteiger partial charge is 0.0574 e. The molecule has 18 heavy (non-hydrogen) atoms. The van der Waals surface area contributed by atoms with Gasteiger partial charge in [0.05, 0.1) is 17.6 Å². The molecule has 0 radical (unpaired) electrons. The largest absolute Gasteiger partial charge is 0.371 e. The van der Waals surface area contributed by atoms with Gasteiger partial charge >= 0.3 is 0 Å². The van der Waals surface area contributed by atoms with E-state index >= 15 is 0 Å². The first-order chi connectivity index (χ1) is 8.60. The summed E-state index contributed by atoms with van der Waals surface area (Å²) in [5.74, 6) is 0. The van der Waals surface area contributed by atoms with E-state index in [9.17, 15) is 0 Å². The van der Waals surface area contributed by atoms with Crippen LogP contribution in [0.2, 0.25) is 0 Å². The summed E-state index contributed by atoms with van der Waals surface area (Å²) in [5.41, 5.74) is 2.32. The summed E-state index contributed by atoms with van der Waals surface area (Å²) in [6.07, 6.45) is 4.21. The van der Waals surface area contributed by atoms with E-state index in [1.54, 1.807) is 0 Å². The maximum atomic E-state index is 4.60. The number of hydrogen-bond acceptors (Lipinski definition) is 3. The van der Waals surface area contributed by atoms with Gasteiger partial charge in [-0.2, -0.15) is 0 Å².